The van der Waals surface area contributed by atoms with Gasteiger partial charge in [0.2, 0.25) is 0 Å². The Morgan fingerprint density at radius 3 is 1.95 bits per heavy atom. The lowest BCUT2D eigenvalue weighted by Crippen LogP contribution is -2.41. The fourth-order valence-electron chi connectivity index (χ4n) is 2.16. The van der Waals surface area contributed by atoms with Gasteiger partial charge in [-0.3, -0.25) is 0 Å². The van der Waals surface area contributed by atoms with Crippen molar-refractivity contribution in [1.29, 1.82) is 0 Å². The first-order valence-corrected chi connectivity index (χ1v) is 7.15. The highest BCUT2D eigenvalue weighted by Crippen LogP contribution is 2.41. The minimum absolute atomic E-state index is 0.0901. The van der Waals surface area contributed by atoms with Crippen molar-refractivity contribution in [1.82, 2.24) is 0 Å². The first-order valence-electron chi connectivity index (χ1n) is 6.77. The third kappa shape index (κ3) is 3.95. The molecule has 1 heterocycles. The van der Waals surface area contributed by atoms with E-state index in [1.54, 1.807) is 0 Å². The normalized spacial score (nSPS) is 30.9. The van der Waals surface area contributed by atoms with Gasteiger partial charge in [0.25, 0.3) is 0 Å². The molecular formula is C14H22BClO4. The van der Waals surface area contributed by atoms with Crippen LogP contribution in [0.15, 0.2) is 11.5 Å². The largest absolute Gasteiger partial charge is 0.490 e. The summed E-state index contributed by atoms with van der Waals surface area (Å²) in [5.41, 5.74) is 0.752. The molecule has 0 N–H and O–H groups in total. The highest BCUT2D eigenvalue weighted by molar-refractivity contribution is 6.54. The number of carbonyl (C=O) groups excluding carboxylic acids is 2. The summed E-state index contributed by atoms with van der Waals surface area (Å²) < 4.78 is 12.1. The van der Waals surface area contributed by atoms with Crippen molar-refractivity contribution in [2.75, 3.05) is 0 Å². The van der Waals surface area contributed by atoms with Crippen LogP contribution < -0.4 is 0 Å². The van der Waals surface area contributed by atoms with Crippen molar-refractivity contribution in [2.24, 2.45) is 0 Å². The highest BCUT2D eigenvalue weighted by Gasteiger charge is 2.52. The van der Waals surface area contributed by atoms with Crippen LogP contribution in [0.1, 0.15) is 53.9 Å². The topological polar surface area (TPSA) is 52.6 Å². The summed E-state index contributed by atoms with van der Waals surface area (Å²) in [5, 5.41) is 0. The molecule has 0 radical (unpaired) electrons. The number of alkyl halides is 1. The predicted octanol–water partition coefficient (Wildman–Crippen LogP) is 3.14. The fraction of sp³-hybridized carbons (Fsp3) is 0.786. The van der Waals surface area contributed by atoms with E-state index in [2.05, 4.69) is 40.7 Å². The molecule has 1 atom stereocenters. The molecule has 1 aliphatic carbocycles. The van der Waals surface area contributed by atoms with E-state index in [-0.39, 0.29) is 29.3 Å². The maximum atomic E-state index is 8.12. The summed E-state index contributed by atoms with van der Waals surface area (Å²) in [6.45, 7) is 10.4. The molecule has 0 spiro atoms. The molecule has 0 aromatic heterocycles. The van der Waals surface area contributed by atoms with Gasteiger partial charge in [0.15, 0.2) is 0 Å². The maximum Gasteiger partial charge on any atom is 0.490 e. The van der Waals surface area contributed by atoms with Crippen LogP contribution in [0.25, 0.3) is 0 Å². The van der Waals surface area contributed by atoms with Gasteiger partial charge in [-0.25, -0.2) is 0 Å². The number of hydrogen-bond acceptors (Lipinski definition) is 4. The van der Waals surface area contributed by atoms with E-state index in [0.717, 1.165) is 19.3 Å². The van der Waals surface area contributed by atoms with Gasteiger partial charge >= 0.3 is 13.3 Å². The molecule has 1 unspecified atom stereocenters. The van der Waals surface area contributed by atoms with Crippen LogP contribution >= 0.6 is 11.6 Å². The summed E-state index contributed by atoms with van der Waals surface area (Å²) in [6.07, 6.45) is 5.30. The Labute approximate surface area is 126 Å². The van der Waals surface area contributed by atoms with Crippen LogP contribution in [0.2, 0.25) is 0 Å². The standard InChI is InChI=1S/C13H22BClO2.CO2/c1-11(2)12(3,4)17-14(16-11)10-6-8-13(5,15)9-7-10;2-1-3/h6H,7-9H2,1-5H3;. The first-order chi connectivity index (χ1) is 9.04. The lowest BCUT2D eigenvalue weighted by atomic mass is 9.71. The smallest absolute Gasteiger partial charge is 0.400 e. The molecule has 2 aliphatic rings. The summed E-state index contributed by atoms with van der Waals surface area (Å²) in [6, 6.07) is 0. The van der Waals surface area contributed by atoms with Crippen molar-refractivity contribution < 1.29 is 18.9 Å². The molecule has 1 fully saturated rings. The van der Waals surface area contributed by atoms with Crippen molar-refractivity contribution in [3.63, 3.8) is 0 Å². The van der Waals surface area contributed by atoms with E-state index in [1.165, 1.54) is 5.47 Å². The highest BCUT2D eigenvalue weighted by atomic mass is 35.5. The van der Waals surface area contributed by atoms with Crippen LogP contribution in [0, 0.1) is 0 Å². The Kier molecular flexibility index (Phi) is 5.26. The van der Waals surface area contributed by atoms with Crippen molar-refractivity contribution >= 4 is 24.9 Å². The summed E-state index contributed by atoms with van der Waals surface area (Å²) in [7, 11) is -0.187. The predicted molar refractivity (Wildman–Crippen MR) is 77.3 cm³/mol. The minimum atomic E-state index is -0.250. The molecule has 0 saturated carbocycles. The lowest BCUT2D eigenvalue weighted by molar-refractivity contribution is -0.191. The first kappa shape index (κ1) is 17.4. The molecule has 0 amide bonds. The second-order valence-corrected chi connectivity index (χ2v) is 7.48. The van der Waals surface area contributed by atoms with Gasteiger partial charge in [-0.2, -0.15) is 9.59 Å². The van der Waals surface area contributed by atoms with Gasteiger partial charge in [0.05, 0.1) is 11.2 Å². The third-order valence-electron chi connectivity index (χ3n) is 4.28. The van der Waals surface area contributed by atoms with Crippen molar-refractivity contribution in [3.05, 3.63) is 11.5 Å². The summed E-state index contributed by atoms with van der Waals surface area (Å²) >= 11 is 6.33. The number of allylic oxidation sites excluding steroid dienone is 2. The van der Waals surface area contributed by atoms with Crippen LogP contribution in [0.3, 0.4) is 0 Å². The SMILES string of the molecule is CC1(Cl)CC=C(B2OC(C)(C)C(C)(C)O2)CC1.O=C=O. The fourth-order valence-corrected chi connectivity index (χ4v) is 2.33. The molecule has 0 bridgehead atoms. The second kappa shape index (κ2) is 6.02. The van der Waals surface area contributed by atoms with Gasteiger partial charge in [0, 0.05) is 4.87 Å². The average Bonchev–Trinajstić information content (AvgIpc) is 2.49. The molecule has 1 saturated heterocycles. The van der Waals surface area contributed by atoms with Crippen molar-refractivity contribution in [3.8, 4) is 0 Å². The van der Waals surface area contributed by atoms with Gasteiger partial charge in [-0.15, -0.1) is 11.6 Å². The zero-order chi connectivity index (χ0) is 15.6. The number of halogens is 1. The Morgan fingerprint density at radius 2 is 1.60 bits per heavy atom. The van der Waals surface area contributed by atoms with Gasteiger partial charge < -0.3 is 9.31 Å². The Hall–Kier alpha value is -0.605. The zero-order valence-corrected chi connectivity index (χ0v) is 13.5. The Bertz CT molecular complexity index is 407. The van der Waals surface area contributed by atoms with E-state index >= 15 is 0 Å². The molecule has 4 nitrogen and oxygen atoms in total. The maximum absolute atomic E-state index is 8.12. The van der Waals surface area contributed by atoms with Crippen LogP contribution in [-0.4, -0.2) is 29.3 Å². The van der Waals surface area contributed by atoms with Crippen LogP contribution in [-0.2, 0) is 18.9 Å². The van der Waals surface area contributed by atoms with Gasteiger partial charge in [-0.05, 0) is 59.4 Å². The van der Waals surface area contributed by atoms with Crippen LogP contribution in [0.4, 0.5) is 0 Å². The molecule has 0 aromatic carbocycles. The van der Waals surface area contributed by atoms with E-state index in [0.29, 0.717) is 0 Å². The number of hydrogen-bond donors (Lipinski definition) is 0. The number of rotatable bonds is 1. The van der Waals surface area contributed by atoms with E-state index in [4.69, 9.17) is 30.5 Å². The average molecular weight is 301 g/mol. The lowest BCUT2D eigenvalue weighted by Gasteiger charge is -2.32. The van der Waals surface area contributed by atoms with E-state index < -0.39 is 0 Å². The zero-order valence-electron chi connectivity index (χ0n) is 12.8. The van der Waals surface area contributed by atoms with E-state index in [9.17, 15) is 0 Å². The minimum Gasteiger partial charge on any atom is -0.400 e. The molecular weight excluding hydrogens is 278 g/mol. The third-order valence-corrected chi connectivity index (χ3v) is 4.62. The molecule has 6 heteroatoms. The quantitative estimate of drug-likeness (QED) is 0.551. The molecule has 2 rings (SSSR count). The summed E-state index contributed by atoms with van der Waals surface area (Å²) in [5.74, 6) is 0. The second-order valence-electron chi connectivity index (χ2n) is 6.57. The molecule has 20 heavy (non-hydrogen) atoms. The molecule has 1 aliphatic heterocycles. The molecule has 0 aromatic rings. The Balaban J connectivity index is 0.000000612. The summed E-state index contributed by atoms with van der Waals surface area (Å²) in [4.78, 5) is 16.2. The Morgan fingerprint density at radius 1 is 1.15 bits per heavy atom. The van der Waals surface area contributed by atoms with Crippen LogP contribution in [0.5, 0.6) is 0 Å². The van der Waals surface area contributed by atoms with E-state index in [1.807, 2.05) is 0 Å². The van der Waals surface area contributed by atoms with Gasteiger partial charge in [0.1, 0.15) is 0 Å². The molecule has 112 valence electrons. The van der Waals surface area contributed by atoms with Gasteiger partial charge in [-0.1, -0.05) is 6.08 Å². The van der Waals surface area contributed by atoms with Crippen molar-refractivity contribution in [2.45, 2.75) is 70.0 Å². The monoisotopic (exact) mass is 300 g/mol.